The van der Waals surface area contributed by atoms with E-state index in [0.717, 1.165) is 96.3 Å². The number of carboxylic acid groups (broad SMARTS) is 1. The minimum Gasteiger partial charge on any atom is -0.480 e. The second-order valence-corrected chi connectivity index (χ2v) is 15.5. The van der Waals surface area contributed by atoms with E-state index in [1.807, 2.05) is 0 Å². The summed E-state index contributed by atoms with van der Waals surface area (Å²) in [4.78, 5) is 46.0. The Morgan fingerprint density at radius 3 is 1.47 bits per heavy atom. The molecule has 0 heterocycles. The lowest BCUT2D eigenvalue weighted by atomic mass is 10.1. The smallest absolute Gasteiger partial charge is 0.472 e. The van der Waals surface area contributed by atoms with E-state index < -0.39 is 51.1 Å². The molecule has 4 N–H and O–H groups in total. The first-order valence-electron chi connectivity index (χ1n) is 21.6. The van der Waals surface area contributed by atoms with Gasteiger partial charge in [-0.2, -0.15) is 0 Å². The van der Waals surface area contributed by atoms with Gasteiger partial charge in [-0.25, -0.2) is 4.57 Å². The second kappa shape index (κ2) is 40.4. The van der Waals surface area contributed by atoms with Gasteiger partial charge in [0.15, 0.2) is 6.10 Å². The molecule has 11 nitrogen and oxygen atoms in total. The number of carboxylic acids is 1. The Balaban J connectivity index is 4.48. The van der Waals surface area contributed by atoms with Crippen LogP contribution in [0.25, 0.3) is 0 Å². The summed E-state index contributed by atoms with van der Waals surface area (Å²) in [5, 5.41) is 8.89. The number of carbonyl (C=O) groups excluding carboxylic acids is 2. The number of hydrogen-bond donors (Lipinski definition) is 3. The van der Waals surface area contributed by atoms with Crippen LogP contribution in [-0.2, 0) is 37.5 Å². The number of esters is 2. The van der Waals surface area contributed by atoms with Crippen molar-refractivity contribution in [3.63, 3.8) is 0 Å². The van der Waals surface area contributed by atoms with Gasteiger partial charge in [0.2, 0.25) is 0 Å². The molecule has 0 aromatic heterocycles. The highest BCUT2D eigenvalue weighted by atomic mass is 31.2. The zero-order chi connectivity index (χ0) is 42.8. The molecular formula is C46H76NO10P. The van der Waals surface area contributed by atoms with Gasteiger partial charge in [0.1, 0.15) is 12.6 Å². The third-order valence-electron chi connectivity index (χ3n) is 8.63. The number of carbonyl (C=O) groups is 3. The number of phosphoric ester groups is 1. The molecule has 330 valence electrons. The molecule has 0 saturated heterocycles. The number of phosphoric acid groups is 1. The van der Waals surface area contributed by atoms with Crippen molar-refractivity contribution in [1.29, 1.82) is 0 Å². The average Bonchev–Trinajstić information content (AvgIpc) is 3.20. The molecule has 12 heteroatoms. The number of rotatable bonds is 39. The molecule has 0 aliphatic carbocycles. The van der Waals surface area contributed by atoms with Gasteiger partial charge in [0, 0.05) is 12.8 Å². The first kappa shape index (κ1) is 54.7. The van der Waals surface area contributed by atoms with Gasteiger partial charge in [-0.05, 0) is 89.9 Å². The molecule has 3 unspecified atom stereocenters. The first-order chi connectivity index (χ1) is 28.1. The van der Waals surface area contributed by atoms with Crippen molar-refractivity contribution >= 4 is 25.7 Å². The van der Waals surface area contributed by atoms with Crippen LogP contribution in [0.15, 0.2) is 85.1 Å². The molecule has 0 spiro atoms. The fourth-order valence-corrected chi connectivity index (χ4v) is 6.02. The van der Waals surface area contributed by atoms with Crippen molar-refractivity contribution in [2.24, 2.45) is 5.73 Å². The summed E-state index contributed by atoms with van der Waals surface area (Å²) in [6.45, 7) is 2.59. The molecule has 0 aliphatic heterocycles. The topological polar surface area (TPSA) is 172 Å². The summed E-state index contributed by atoms with van der Waals surface area (Å²) < 4.78 is 32.6. The molecule has 0 fully saturated rings. The minimum absolute atomic E-state index is 0.114. The highest BCUT2D eigenvalue weighted by Gasteiger charge is 2.28. The molecule has 0 radical (unpaired) electrons. The zero-order valence-corrected chi connectivity index (χ0v) is 36.5. The standard InChI is InChI=1S/C46H76NO10P/c1-3-5-7-9-11-13-15-17-19-20-21-22-24-26-28-30-32-34-36-38-45(49)57-42(40-55-58(52,53)56-41-43(47)46(50)51)39-54-44(48)37-35-33-31-29-27-25-23-18-16-14-12-10-8-6-4-2/h5,7,11-14,17-19,21-23,26,28,42-43H,3-4,6,8-10,15-16,20,24-25,27,29-41,47H2,1-2H3,(H,50,51)(H,52,53)/b7-5-,13-11-,14-12-,19-17-,22-21-,23-18-,28-26-. The lowest BCUT2D eigenvalue weighted by molar-refractivity contribution is -0.161. The predicted octanol–water partition coefficient (Wildman–Crippen LogP) is 11.5. The Kier molecular flexibility index (Phi) is 38.1. The van der Waals surface area contributed by atoms with Gasteiger partial charge in [-0.1, -0.05) is 137 Å². The number of nitrogens with two attached hydrogens (primary N) is 1. The number of allylic oxidation sites excluding steroid dienone is 14. The van der Waals surface area contributed by atoms with Crippen molar-refractivity contribution in [1.82, 2.24) is 0 Å². The monoisotopic (exact) mass is 834 g/mol. The van der Waals surface area contributed by atoms with Crippen molar-refractivity contribution in [2.75, 3.05) is 19.8 Å². The Morgan fingerprint density at radius 2 is 0.966 bits per heavy atom. The molecule has 58 heavy (non-hydrogen) atoms. The van der Waals surface area contributed by atoms with Crippen LogP contribution in [-0.4, -0.2) is 59.9 Å². The van der Waals surface area contributed by atoms with E-state index in [-0.39, 0.29) is 19.4 Å². The molecule has 0 saturated carbocycles. The molecule has 0 aliphatic rings. The fraction of sp³-hybridized carbons (Fsp3) is 0.630. The maximum Gasteiger partial charge on any atom is 0.472 e. The van der Waals surface area contributed by atoms with Gasteiger partial charge in [0.05, 0.1) is 13.2 Å². The van der Waals surface area contributed by atoms with Crippen LogP contribution in [0.3, 0.4) is 0 Å². The minimum atomic E-state index is -4.73. The number of unbranched alkanes of at least 4 members (excludes halogenated alkanes) is 11. The van der Waals surface area contributed by atoms with E-state index >= 15 is 0 Å². The summed E-state index contributed by atoms with van der Waals surface area (Å²) in [5.41, 5.74) is 5.33. The van der Waals surface area contributed by atoms with Crippen LogP contribution in [0.4, 0.5) is 0 Å². The van der Waals surface area contributed by atoms with Crippen molar-refractivity contribution in [3.05, 3.63) is 85.1 Å². The molecular weight excluding hydrogens is 757 g/mol. The zero-order valence-electron chi connectivity index (χ0n) is 35.6. The first-order valence-corrected chi connectivity index (χ1v) is 23.1. The Labute approximate surface area is 350 Å². The van der Waals surface area contributed by atoms with Crippen LogP contribution in [0.1, 0.15) is 155 Å². The highest BCUT2D eigenvalue weighted by Crippen LogP contribution is 2.43. The maximum atomic E-state index is 12.6. The van der Waals surface area contributed by atoms with E-state index in [1.165, 1.54) is 19.3 Å². The molecule has 0 aromatic rings. The Hall–Kier alpha value is -3.34. The van der Waals surface area contributed by atoms with Gasteiger partial charge >= 0.3 is 25.7 Å². The van der Waals surface area contributed by atoms with Crippen LogP contribution in [0, 0.1) is 0 Å². The molecule has 0 aromatic carbocycles. The third-order valence-corrected chi connectivity index (χ3v) is 9.58. The van der Waals surface area contributed by atoms with Gasteiger partial charge in [-0.3, -0.25) is 23.4 Å². The van der Waals surface area contributed by atoms with Crippen LogP contribution in [0.5, 0.6) is 0 Å². The quantitative estimate of drug-likeness (QED) is 0.0233. The SMILES string of the molecule is CC/C=C\C/C=C\C/C=C\C/C=C\C/C=C\CCCCCC(=O)OC(COC(=O)CCCCCCC/C=C\C/C=C\CCCCC)COP(=O)(O)OCC(N)C(=O)O. The maximum absolute atomic E-state index is 12.6. The lowest BCUT2D eigenvalue weighted by Gasteiger charge is -2.20. The van der Waals surface area contributed by atoms with Crippen LogP contribution in [0.2, 0.25) is 0 Å². The van der Waals surface area contributed by atoms with E-state index in [4.69, 9.17) is 24.8 Å². The molecule has 3 atom stereocenters. The molecule has 0 rings (SSSR count). The fourth-order valence-electron chi connectivity index (χ4n) is 5.24. The molecule has 0 amide bonds. The van der Waals surface area contributed by atoms with Crippen molar-refractivity contribution in [3.8, 4) is 0 Å². The van der Waals surface area contributed by atoms with E-state index in [9.17, 15) is 23.8 Å². The Bertz CT molecular complexity index is 1300. The normalized spacial score (nSPS) is 14.6. The summed E-state index contributed by atoms with van der Waals surface area (Å²) in [7, 11) is -4.73. The largest absolute Gasteiger partial charge is 0.480 e. The number of aliphatic carboxylic acids is 1. The predicted molar refractivity (Wildman–Crippen MR) is 235 cm³/mol. The van der Waals surface area contributed by atoms with Gasteiger partial charge in [-0.15, -0.1) is 0 Å². The Morgan fingerprint density at radius 1 is 0.552 bits per heavy atom. The van der Waals surface area contributed by atoms with Gasteiger partial charge in [0.25, 0.3) is 0 Å². The van der Waals surface area contributed by atoms with E-state index in [1.54, 1.807) is 0 Å². The lowest BCUT2D eigenvalue weighted by Crippen LogP contribution is -2.34. The average molecular weight is 834 g/mol. The van der Waals surface area contributed by atoms with Gasteiger partial charge < -0.3 is 25.2 Å². The van der Waals surface area contributed by atoms with Crippen molar-refractivity contribution < 1.29 is 47.5 Å². The van der Waals surface area contributed by atoms with E-state index in [0.29, 0.717) is 12.8 Å². The van der Waals surface area contributed by atoms with Crippen molar-refractivity contribution in [2.45, 2.75) is 167 Å². The summed E-state index contributed by atoms with van der Waals surface area (Å²) in [6.07, 6.45) is 49.3. The third kappa shape index (κ3) is 39.5. The number of ether oxygens (including phenoxy) is 2. The van der Waals surface area contributed by atoms with Crippen LogP contribution >= 0.6 is 7.82 Å². The summed E-state index contributed by atoms with van der Waals surface area (Å²) in [6, 6.07) is -1.53. The van der Waals surface area contributed by atoms with E-state index in [2.05, 4.69) is 103 Å². The summed E-state index contributed by atoms with van der Waals surface area (Å²) in [5.74, 6) is -2.45. The summed E-state index contributed by atoms with van der Waals surface area (Å²) >= 11 is 0. The number of hydrogen-bond acceptors (Lipinski definition) is 9. The second-order valence-electron chi connectivity index (χ2n) is 14.1. The highest BCUT2D eigenvalue weighted by molar-refractivity contribution is 7.47. The molecule has 0 bridgehead atoms. The van der Waals surface area contributed by atoms with Crippen LogP contribution < -0.4 is 5.73 Å².